The number of Topliss-reactive ketones (excluding diaryl/α,β-unsaturated/α-hetero) is 1. The van der Waals surface area contributed by atoms with Crippen LogP contribution in [0.25, 0.3) is 11.0 Å². The van der Waals surface area contributed by atoms with Crippen LogP contribution in [0.5, 0.6) is 11.5 Å². The molecule has 0 radical (unpaired) electrons. The van der Waals surface area contributed by atoms with E-state index in [-0.39, 0.29) is 34.5 Å². The fourth-order valence-electron chi connectivity index (χ4n) is 2.48. The van der Waals surface area contributed by atoms with Gasteiger partial charge in [0.15, 0.2) is 12.4 Å². The van der Waals surface area contributed by atoms with E-state index in [1.54, 1.807) is 13.0 Å². The van der Waals surface area contributed by atoms with Crippen LogP contribution in [0.2, 0.25) is 5.02 Å². The van der Waals surface area contributed by atoms with E-state index in [2.05, 4.69) is 4.74 Å². The van der Waals surface area contributed by atoms with Crippen molar-refractivity contribution < 1.29 is 27.5 Å². The van der Waals surface area contributed by atoms with Crippen LogP contribution in [0.1, 0.15) is 15.9 Å². The summed E-state index contributed by atoms with van der Waals surface area (Å²) in [5, 5.41) is 0.917. The highest BCUT2D eigenvalue weighted by Crippen LogP contribution is 2.31. The van der Waals surface area contributed by atoms with Gasteiger partial charge in [0, 0.05) is 23.1 Å². The van der Waals surface area contributed by atoms with Crippen LogP contribution >= 0.6 is 11.6 Å². The van der Waals surface area contributed by atoms with Crippen molar-refractivity contribution in [2.45, 2.75) is 13.5 Å². The maximum absolute atomic E-state index is 12.2. The second-order valence-electron chi connectivity index (χ2n) is 5.64. The largest absolute Gasteiger partial charge is 0.484 e. The molecule has 27 heavy (non-hydrogen) atoms. The molecule has 0 N–H and O–H groups in total. The summed E-state index contributed by atoms with van der Waals surface area (Å²) in [4.78, 5) is 23.7. The van der Waals surface area contributed by atoms with Crippen LogP contribution in [0.3, 0.4) is 0 Å². The van der Waals surface area contributed by atoms with Gasteiger partial charge in [-0.05, 0) is 42.8 Å². The lowest BCUT2D eigenvalue weighted by Crippen LogP contribution is -2.12. The van der Waals surface area contributed by atoms with Gasteiger partial charge in [0.1, 0.15) is 17.1 Å². The molecule has 5 nitrogen and oxygen atoms in total. The maximum atomic E-state index is 12.2. The Hall–Kier alpha value is -2.93. The minimum atomic E-state index is -2.94. The zero-order chi connectivity index (χ0) is 19.6. The molecule has 0 aliphatic carbocycles. The smallest absolute Gasteiger partial charge is 0.387 e. The predicted molar refractivity (Wildman–Crippen MR) is 95.1 cm³/mol. The number of carbonyl (C=O) groups excluding carboxylic acids is 1. The fourth-order valence-corrected chi connectivity index (χ4v) is 2.70. The van der Waals surface area contributed by atoms with Crippen molar-refractivity contribution in [1.82, 2.24) is 0 Å². The van der Waals surface area contributed by atoms with Gasteiger partial charge < -0.3 is 13.9 Å². The second kappa shape index (κ2) is 7.75. The molecule has 3 rings (SSSR count). The summed E-state index contributed by atoms with van der Waals surface area (Å²) in [5.74, 6) is -0.255. The molecule has 0 aliphatic heterocycles. The minimum Gasteiger partial charge on any atom is -0.484 e. The molecule has 0 atom stereocenters. The Labute approximate surface area is 157 Å². The maximum Gasteiger partial charge on any atom is 0.387 e. The van der Waals surface area contributed by atoms with Gasteiger partial charge in [0.2, 0.25) is 0 Å². The molecule has 0 bridgehead atoms. The molecule has 1 heterocycles. The monoisotopic (exact) mass is 394 g/mol. The SMILES string of the molecule is Cc1cc(=O)oc2cc(OCC(=O)c3ccc(OC(F)F)cc3)c(Cl)cc12. The number of carbonyl (C=O) groups is 1. The van der Waals surface area contributed by atoms with E-state index in [1.807, 2.05) is 0 Å². The first-order valence-electron chi connectivity index (χ1n) is 7.78. The Balaban J connectivity index is 1.75. The van der Waals surface area contributed by atoms with Crippen LogP contribution in [-0.4, -0.2) is 19.0 Å². The van der Waals surface area contributed by atoms with E-state index in [0.717, 1.165) is 0 Å². The highest BCUT2D eigenvalue weighted by Gasteiger charge is 2.13. The van der Waals surface area contributed by atoms with Crippen molar-refractivity contribution in [3.8, 4) is 11.5 Å². The van der Waals surface area contributed by atoms with Crippen LogP contribution in [0.15, 0.2) is 51.7 Å². The Morgan fingerprint density at radius 2 is 1.89 bits per heavy atom. The molecule has 0 aliphatic rings. The Morgan fingerprint density at radius 3 is 2.56 bits per heavy atom. The van der Waals surface area contributed by atoms with E-state index >= 15 is 0 Å². The molecule has 2 aromatic carbocycles. The lowest BCUT2D eigenvalue weighted by molar-refractivity contribution is -0.0498. The van der Waals surface area contributed by atoms with Gasteiger partial charge in [-0.2, -0.15) is 8.78 Å². The van der Waals surface area contributed by atoms with Crippen molar-refractivity contribution in [3.63, 3.8) is 0 Å². The number of hydrogen-bond acceptors (Lipinski definition) is 5. The van der Waals surface area contributed by atoms with Crippen molar-refractivity contribution in [2.24, 2.45) is 0 Å². The van der Waals surface area contributed by atoms with Crippen molar-refractivity contribution in [2.75, 3.05) is 6.61 Å². The lowest BCUT2D eigenvalue weighted by Gasteiger charge is -2.10. The minimum absolute atomic E-state index is 0.0505. The molecule has 0 unspecified atom stereocenters. The van der Waals surface area contributed by atoms with E-state index in [0.29, 0.717) is 16.5 Å². The summed E-state index contributed by atoms with van der Waals surface area (Å²) in [6, 6.07) is 9.62. The third kappa shape index (κ3) is 4.43. The van der Waals surface area contributed by atoms with Crippen molar-refractivity contribution in [3.05, 3.63) is 69.0 Å². The number of hydrogen-bond donors (Lipinski definition) is 0. The summed E-state index contributed by atoms with van der Waals surface area (Å²) in [7, 11) is 0. The lowest BCUT2D eigenvalue weighted by atomic mass is 10.1. The molecule has 0 saturated carbocycles. The predicted octanol–water partition coefficient (Wildman–Crippen LogP) is 4.62. The van der Waals surface area contributed by atoms with E-state index in [4.69, 9.17) is 20.8 Å². The Kier molecular flexibility index (Phi) is 5.41. The Bertz CT molecular complexity index is 1040. The first kappa shape index (κ1) is 18.8. The van der Waals surface area contributed by atoms with Gasteiger partial charge >= 0.3 is 12.2 Å². The van der Waals surface area contributed by atoms with Gasteiger partial charge in [-0.1, -0.05) is 11.6 Å². The van der Waals surface area contributed by atoms with Crippen LogP contribution < -0.4 is 15.1 Å². The van der Waals surface area contributed by atoms with E-state index < -0.39 is 12.2 Å². The average molecular weight is 395 g/mol. The van der Waals surface area contributed by atoms with Gasteiger partial charge in [-0.25, -0.2) is 4.79 Å². The first-order valence-corrected chi connectivity index (χ1v) is 8.16. The second-order valence-corrected chi connectivity index (χ2v) is 6.05. The molecule has 0 amide bonds. The zero-order valence-corrected chi connectivity index (χ0v) is 14.8. The van der Waals surface area contributed by atoms with E-state index in [1.165, 1.54) is 36.4 Å². The van der Waals surface area contributed by atoms with Gasteiger partial charge in [0.25, 0.3) is 0 Å². The van der Waals surface area contributed by atoms with Crippen LogP contribution in [0.4, 0.5) is 8.78 Å². The number of benzene rings is 2. The van der Waals surface area contributed by atoms with Crippen LogP contribution in [0, 0.1) is 6.92 Å². The third-order valence-corrected chi connectivity index (χ3v) is 4.06. The fraction of sp³-hybridized carbons (Fsp3) is 0.158. The molecular formula is C19H13ClF2O5. The number of aryl methyl sites for hydroxylation is 1. The van der Waals surface area contributed by atoms with E-state index in [9.17, 15) is 18.4 Å². The average Bonchev–Trinajstić information content (AvgIpc) is 2.60. The van der Waals surface area contributed by atoms with Gasteiger partial charge in [-0.3, -0.25) is 4.79 Å². The van der Waals surface area contributed by atoms with Gasteiger partial charge in [0.05, 0.1) is 5.02 Å². The number of ketones is 1. The highest BCUT2D eigenvalue weighted by atomic mass is 35.5. The topological polar surface area (TPSA) is 65.7 Å². The molecule has 140 valence electrons. The normalized spacial score (nSPS) is 11.0. The third-order valence-electron chi connectivity index (χ3n) is 3.76. The summed E-state index contributed by atoms with van der Waals surface area (Å²) < 4.78 is 39.1. The summed E-state index contributed by atoms with van der Waals surface area (Å²) in [6.45, 7) is -1.52. The molecule has 0 spiro atoms. The quantitative estimate of drug-likeness (QED) is 0.451. The molecular weight excluding hydrogens is 382 g/mol. The zero-order valence-electron chi connectivity index (χ0n) is 14.0. The summed E-state index contributed by atoms with van der Waals surface area (Å²) in [5.41, 5.74) is 0.753. The number of halogens is 3. The van der Waals surface area contributed by atoms with Crippen molar-refractivity contribution in [1.29, 1.82) is 0 Å². The summed E-state index contributed by atoms with van der Waals surface area (Å²) in [6.07, 6.45) is 0. The number of fused-ring (bicyclic) bond motifs is 1. The number of rotatable bonds is 6. The number of ether oxygens (including phenoxy) is 2. The van der Waals surface area contributed by atoms with Crippen molar-refractivity contribution >= 4 is 28.4 Å². The molecule has 0 fully saturated rings. The highest BCUT2D eigenvalue weighted by molar-refractivity contribution is 6.32. The molecule has 8 heteroatoms. The molecule has 0 saturated heterocycles. The van der Waals surface area contributed by atoms with Crippen LogP contribution in [-0.2, 0) is 0 Å². The van der Waals surface area contributed by atoms with Gasteiger partial charge in [-0.15, -0.1) is 0 Å². The molecule has 3 aromatic rings. The summed E-state index contributed by atoms with van der Waals surface area (Å²) >= 11 is 6.17. The first-order chi connectivity index (χ1) is 12.8. The standard InChI is InChI=1S/C19H13ClF2O5/c1-10-6-18(24)27-16-8-17(14(20)7-13(10)16)25-9-15(23)11-2-4-12(5-3-11)26-19(21)22/h2-8,19H,9H2,1H3. The Morgan fingerprint density at radius 1 is 1.19 bits per heavy atom. The number of alkyl halides is 2. The molecule has 1 aromatic heterocycles.